The summed E-state index contributed by atoms with van der Waals surface area (Å²) < 4.78 is 1.81. The zero-order valence-corrected chi connectivity index (χ0v) is 13.1. The van der Waals surface area contributed by atoms with E-state index in [2.05, 4.69) is 41.1 Å². The summed E-state index contributed by atoms with van der Waals surface area (Å²) in [5.41, 5.74) is 1.76. The molecule has 1 aliphatic rings. The quantitative estimate of drug-likeness (QED) is 0.872. The maximum absolute atomic E-state index is 12.7. The Kier molecular flexibility index (Phi) is 4.13. The topological polar surface area (TPSA) is 41.4 Å². The Morgan fingerprint density at radius 1 is 1.27 bits per heavy atom. The summed E-state index contributed by atoms with van der Waals surface area (Å²) in [5.74, 6) is 0.0418. The fourth-order valence-corrected chi connectivity index (χ4v) is 3.02. The summed E-state index contributed by atoms with van der Waals surface area (Å²) in [4.78, 5) is 21.2. The summed E-state index contributed by atoms with van der Waals surface area (Å²) in [5, 5.41) is 0. The molecule has 1 aromatic carbocycles. The van der Waals surface area contributed by atoms with Crippen LogP contribution in [0.5, 0.6) is 0 Å². The first-order chi connectivity index (χ1) is 10.7. The molecule has 22 heavy (non-hydrogen) atoms. The van der Waals surface area contributed by atoms with Gasteiger partial charge in [0.25, 0.3) is 5.91 Å². The number of amides is 1. The van der Waals surface area contributed by atoms with Gasteiger partial charge in [-0.15, -0.1) is 0 Å². The number of nitrogens with zero attached hydrogens (tertiary/aromatic N) is 4. The summed E-state index contributed by atoms with van der Waals surface area (Å²) in [6.07, 6.45) is 4.41. The molecule has 1 saturated heterocycles. The van der Waals surface area contributed by atoms with E-state index in [-0.39, 0.29) is 11.9 Å². The van der Waals surface area contributed by atoms with Gasteiger partial charge in [-0.25, -0.2) is 4.98 Å². The highest BCUT2D eigenvalue weighted by Crippen LogP contribution is 2.21. The lowest BCUT2D eigenvalue weighted by molar-refractivity contribution is 0.0646. The Morgan fingerprint density at radius 2 is 2.05 bits per heavy atom. The molecule has 116 valence electrons. The number of carbonyl (C=O) groups excluding carboxylic acids is 1. The zero-order valence-electron chi connectivity index (χ0n) is 13.1. The molecule has 2 aromatic rings. The number of aromatic nitrogens is 2. The molecule has 1 unspecified atom stereocenters. The lowest BCUT2D eigenvalue weighted by Crippen LogP contribution is -2.55. The minimum absolute atomic E-state index is 0.0418. The van der Waals surface area contributed by atoms with Crippen LogP contribution >= 0.6 is 0 Å². The van der Waals surface area contributed by atoms with Gasteiger partial charge in [-0.1, -0.05) is 25.1 Å². The fraction of sp³-hybridized carbons (Fsp3) is 0.412. The van der Waals surface area contributed by atoms with Crippen molar-refractivity contribution in [3.05, 3.63) is 48.5 Å². The largest absolute Gasteiger partial charge is 0.368 e. The summed E-state index contributed by atoms with van der Waals surface area (Å²) in [6, 6.07) is 10.6. The molecular formula is C17H22N4O. The normalized spacial score (nSPS) is 18.5. The van der Waals surface area contributed by atoms with Gasteiger partial charge in [0.15, 0.2) is 0 Å². The Balaban J connectivity index is 1.74. The molecule has 1 aliphatic heterocycles. The molecule has 1 amide bonds. The average molecular weight is 298 g/mol. The highest BCUT2D eigenvalue weighted by Gasteiger charge is 2.30. The number of hydrogen-bond acceptors (Lipinski definition) is 3. The van der Waals surface area contributed by atoms with E-state index in [0.717, 1.165) is 26.1 Å². The Morgan fingerprint density at radius 3 is 2.68 bits per heavy atom. The maximum atomic E-state index is 12.7. The second-order valence-corrected chi connectivity index (χ2v) is 5.77. The number of carbonyl (C=O) groups is 1. The Bertz CT molecular complexity index is 637. The number of hydrogen-bond donors (Lipinski definition) is 0. The first-order valence-electron chi connectivity index (χ1n) is 7.78. The van der Waals surface area contributed by atoms with Gasteiger partial charge in [-0.2, -0.15) is 0 Å². The Labute approximate surface area is 131 Å². The van der Waals surface area contributed by atoms with Crippen LogP contribution in [0.3, 0.4) is 0 Å². The van der Waals surface area contributed by atoms with Crippen LogP contribution in [0.4, 0.5) is 5.69 Å². The van der Waals surface area contributed by atoms with Crippen molar-refractivity contribution in [1.29, 1.82) is 0 Å². The monoisotopic (exact) mass is 298 g/mol. The highest BCUT2D eigenvalue weighted by molar-refractivity contribution is 5.92. The summed E-state index contributed by atoms with van der Waals surface area (Å²) in [6.45, 7) is 4.61. The van der Waals surface area contributed by atoms with E-state index in [1.54, 1.807) is 12.5 Å². The minimum atomic E-state index is 0.0418. The van der Waals surface area contributed by atoms with Crippen molar-refractivity contribution in [2.24, 2.45) is 7.05 Å². The van der Waals surface area contributed by atoms with Crippen molar-refractivity contribution < 1.29 is 4.79 Å². The molecule has 0 spiro atoms. The number of anilines is 1. The summed E-state index contributed by atoms with van der Waals surface area (Å²) in [7, 11) is 1.88. The third-order valence-corrected chi connectivity index (χ3v) is 4.26. The second kappa shape index (κ2) is 6.22. The van der Waals surface area contributed by atoms with E-state index in [0.29, 0.717) is 5.69 Å². The number of piperazine rings is 1. The Hall–Kier alpha value is -2.30. The molecule has 3 rings (SSSR count). The van der Waals surface area contributed by atoms with Crippen molar-refractivity contribution >= 4 is 11.6 Å². The molecule has 0 bridgehead atoms. The van der Waals surface area contributed by atoms with Gasteiger partial charge in [0.1, 0.15) is 5.69 Å². The van der Waals surface area contributed by atoms with Gasteiger partial charge < -0.3 is 14.4 Å². The predicted octanol–water partition coefficient (Wildman–Crippen LogP) is 2.16. The third-order valence-electron chi connectivity index (χ3n) is 4.26. The van der Waals surface area contributed by atoms with Crippen molar-refractivity contribution in [1.82, 2.24) is 14.5 Å². The molecular weight excluding hydrogens is 276 g/mol. The van der Waals surface area contributed by atoms with Gasteiger partial charge >= 0.3 is 0 Å². The molecule has 5 nitrogen and oxygen atoms in total. The number of rotatable bonds is 3. The molecule has 0 saturated carbocycles. The fourth-order valence-electron chi connectivity index (χ4n) is 3.02. The standard InChI is InChI=1S/C17H22N4O/c1-3-14-11-20(15-7-5-4-6-8-15)9-10-21(14)17(22)16-12-19(2)13-18-16/h4-8,12-14H,3,9-11H2,1-2H3. The van der Waals surface area contributed by atoms with Crippen molar-refractivity contribution in [2.45, 2.75) is 19.4 Å². The average Bonchev–Trinajstić information content (AvgIpc) is 3.01. The molecule has 1 atom stereocenters. The van der Waals surface area contributed by atoms with Crippen molar-refractivity contribution in [3.63, 3.8) is 0 Å². The van der Waals surface area contributed by atoms with Crippen LogP contribution in [0.1, 0.15) is 23.8 Å². The first-order valence-corrected chi connectivity index (χ1v) is 7.78. The van der Waals surface area contributed by atoms with Gasteiger partial charge in [-0.3, -0.25) is 4.79 Å². The molecule has 1 aromatic heterocycles. The van der Waals surface area contributed by atoms with E-state index >= 15 is 0 Å². The van der Waals surface area contributed by atoms with Gasteiger partial charge in [-0.05, 0) is 18.6 Å². The zero-order chi connectivity index (χ0) is 15.5. The molecule has 5 heteroatoms. The minimum Gasteiger partial charge on any atom is -0.368 e. The number of aryl methyl sites for hydroxylation is 1. The van der Waals surface area contributed by atoms with Gasteiger partial charge in [0.05, 0.1) is 6.33 Å². The van der Waals surface area contributed by atoms with E-state index in [4.69, 9.17) is 0 Å². The van der Waals surface area contributed by atoms with Crippen LogP contribution in [0.15, 0.2) is 42.9 Å². The molecule has 2 heterocycles. The van der Waals surface area contributed by atoms with Gasteiger partial charge in [0, 0.05) is 44.6 Å². The molecule has 1 fully saturated rings. The van der Waals surface area contributed by atoms with Crippen LogP contribution in [0, 0.1) is 0 Å². The highest BCUT2D eigenvalue weighted by atomic mass is 16.2. The number of imidazole rings is 1. The van der Waals surface area contributed by atoms with Crippen molar-refractivity contribution in [3.8, 4) is 0 Å². The summed E-state index contributed by atoms with van der Waals surface area (Å²) >= 11 is 0. The smallest absolute Gasteiger partial charge is 0.274 e. The van der Waals surface area contributed by atoms with Crippen molar-refractivity contribution in [2.75, 3.05) is 24.5 Å². The second-order valence-electron chi connectivity index (χ2n) is 5.77. The predicted molar refractivity (Wildman–Crippen MR) is 87.0 cm³/mol. The van der Waals surface area contributed by atoms with E-state index in [1.165, 1.54) is 5.69 Å². The number of benzene rings is 1. The lowest BCUT2D eigenvalue weighted by atomic mass is 10.1. The van der Waals surface area contributed by atoms with Crippen LogP contribution in [-0.2, 0) is 7.05 Å². The van der Waals surface area contributed by atoms with Gasteiger partial charge in [0.2, 0.25) is 0 Å². The van der Waals surface area contributed by atoms with Crippen LogP contribution in [0.2, 0.25) is 0 Å². The van der Waals surface area contributed by atoms with E-state index in [1.807, 2.05) is 22.6 Å². The lowest BCUT2D eigenvalue weighted by Gasteiger charge is -2.42. The van der Waals surface area contributed by atoms with E-state index in [9.17, 15) is 4.79 Å². The van der Waals surface area contributed by atoms with Crippen LogP contribution in [0.25, 0.3) is 0 Å². The molecule has 0 aliphatic carbocycles. The van der Waals surface area contributed by atoms with Crippen LogP contribution in [-0.4, -0.2) is 46.0 Å². The molecule has 0 N–H and O–H groups in total. The van der Waals surface area contributed by atoms with E-state index < -0.39 is 0 Å². The van der Waals surface area contributed by atoms with Crippen LogP contribution < -0.4 is 4.90 Å². The maximum Gasteiger partial charge on any atom is 0.274 e. The first kappa shape index (κ1) is 14.6. The number of para-hydroxylation sites is 1. The third kappa shape index (κ3) is 2.84. The SMILES string of the molecule is CCC1CN(c2ccccc2)CCN1C(=O)c1cn(C)cn1. The molecule has 0 radical (unpaired) electrons.